The normalized spacial score (nSPS) is 16.5. The molecule has 0 spiro atoms. The van der Waals surface area contributed by atoms with E-state index in [-0.39, 0.29) is 5.92 Å². The number of nitrogens with zero attached hydrogens (tertiary/aromatic N) is 1. The summed E-state index contributed by atoms with van der Waals surface area (Å²) in [5.74, 6) is -3.10. The minimum Gasteiger partial charge on any atom is -0.480 e. The average Bonchev–Trinajstić information content (AvgIpc) is 3.28. The van der Waals surface area contributed by atoms with Gasteiger partial charge in [0.05, 0.1) is 4.92 Å². The highest BCUT2D eigenvalue weighted by molar-refractivity contribution is 5.81. The lowest BCUT2D eigenvalue weighted by Crippen LogP contribution is -2.47. The van der Waals surface area contributed by atoms with Crippen molar-refractivity contribution in [2.75, 3.05) is 0 Å². The van der Waals surface area contributed by atoms with E-state index in [1.54, 1.807) is 20.8 Å². The molecule has 0 radical (unpaired) electrons. The van der Waals surface area contributed by atoms with Gasteiger partial charge in [0.15, 0.2) is 0 Å². The number of alkyl carbamates (subject to hydrolysis) is 1. The van der Waals surface area contributed by atoms with Gasteiger partial charge in [0.25, 0.3) is 0 Å². The molecule has 142 valence electrons. The van der Waals surface area contributed by atoms with Crippen molar-refractivity contribution in [1.82, 2.24) is 5.32 Å². The molecule has 1 saturated carbocycles. The lowest BCUT2D eigenvalue weighted by Gasteiger charge is -2.27. The first-order valence-electron chi connectivity index (χ1n) is 8.16. The molecule has 0 heterocycles. The highest BCUT2D eigenvalue weighted by atomic mass is 19.1. The summed E-state index contributed by atoms with van der Waals surface area (Å²) in [6.07, 6.45) is 0.560. The van der Waals surface area contributed by atoms with Gasteiger partial charge in [-0.25, -0.2) is 9.59 Å². The molecule has 26 heavy (non-hydrogen) atoms. The van der Waals surface area contributed by atoms with Crippen molar-refractivity contribution < 1.29 is 28.7 Å². The Hall–Kier alpha value is -2.71. The zero-order chi connectivity index (χ0) is 19.6. The number of hydrogen-bond donors (Lipinski definition) is 2. The maximum absolute atomic E-state index is 14.0. The van der Waals surface area contributed by atoms with Crippen molar-refractivity contribution in [1.29, 1.82) is 0 Å². The summed E-state index contributed by atoms with van der Waals surface area (Å²) in [5.41, 5.74) is -1.20. The van der Waals surface area contributed by atoms with Crippen LogP contribution in [-0.4, -0.2) is 33.7 Å². The van der Waals surface area contributed by atoms with E-state index in [9.17, 15) is 29.2 Å². The largest absolute Gasteiger partial charge is 0.480 e. The van der Waals surface area contributed by atoms with Gasteiger partial charge in [0, 0.05) is 12.0 Å². The van der Waals surface area contributed by atoms with Crippen LogP contribution in [0.2, 0.25) is 0 Å². The van der Waals surface area contributed by atoms with E-state index in [4.69, 9.17) is 4.74 Å². The molecule has 0 unspecified atom stereocenters. The zero-order valence-corrected chi connectivity index (χ0v) is 14.7. The van der Waals surface area contributed by atoms with Gasteiger partial charge >= 0.3 is 17.7 Å². The molecule has 1 aromatic carbocycles. The Kier molecular flexibility index (Phi) is 5.48. The van der Waals surface area contributed by atoms with Crippen molar-refractivity contribution in [3.8, 4) is 0 Å². The summed E-state index contributed by atoms with van der Waals surface area (Å²) in [6, 6.07) is 1.97. The minimum atomic E-state index is -1.33. The van der Waals surface area contributed by atoms with Crippen molar-refractivity contribution in [3.63, 3.8) is 0 Å². The van der Waals surface area contributed by atoms with Crippen LogP contribution in [0.3, 0.4) is 0 Å². The highest BCUT2D eigenvalue weighted by Crippen LogP contribution is 2.45. The molecule has 8 nitrogen and oxygen atoms in total. The number of benzene rings is 1. The summed E-state index contributed by atoms with van der Waals surface area (Å²) in [4.78, 5) is 33.7. The molecule has 2 N–H and O–H groups in total. The van der Waals surface area contributed by atoms with Crippen molar-refractivity contribution in [2.24, 2.45) is 5.92 Å². The van der Waals surface area contributed by atoms with Crippen LogP contribution in [-0.2, 0) is 9.53 Å². The maximum atomic E-state index is 14.0. The molecule has 0 aromatic heterocycles. The monoisotopic (exact) mass is 368 g/mol. The lowest BCUT2D eigenvalue weighted by atomic mass is 9.86. The fraction of sp³-hybridized carbons (Fsp3) is 0.529. The van der Waals surface area contributed by atoms with Gasteiger partial charge in [0.2, 0.25) is 5.82 Å². The molecule has 2 atom stereocenters. The van der Waals surface area contributed by atoms with Gasteiger partial charge in [0.1, 0.15) is 11.6 Å². The molecule has 0 saturated heterocycles. The second-order valence-electron chi connectivity index (χ2n) is 7.29. The van der Waals surface area contributed by atoms with Gasteiger partial charge in [-0.3, -0.25) is 10.1 Å². The number of rotatable bonds is 6. The number of hydrogen-bond acceptors (Lipinski definition) is 5. The van der Waals surface area contributed by atoms with Crippen molar-refractivity contribution >= 4 is 17.7 Å². The van der Waals surface area contributed by atoms with Crippen LogP contribution in [0.1, 0.15) is 45.1 Å². The van der Waals surface area contributed by atoms with Gasteiger partial charge in [-0.15, -0.1) is 0 Å². The van der Waals surface area contributed by atoms with Crippen LogP contribution in [0.4, 0.5) is 14.9 Å². The van der Waals surface area contributed by atoms with Crippen LogP contribution < -0.4 is 5.32 Å². The molecule has 2 rings (SSSR count). The molecule has 1 aliphatic rings. The Bertz CT molecular complexity index is 726. The van der Waals surface area contributed by atoms with E-state index in [1.165, 1.54) is 6.07 Å². The molecule has 1 amide bonds. The van der Waals surface area contributed by atoms with Crippen LogP contribution in [0.15, 0.2) is 18.2 Å². The van der Waals surface area contributed by atoms with Gasteiger partial charge in [-0.2, -0.15) is 4.39 Å². The second kappa shape index (κ2) is 7.27. The van der Waals surface area contributed by atoms with Crippen molar-refractivity contribution in [3.05, 3.63) is 39.7 Å². The van der Waals surface area contributed by atoms with Crippen LogP contribution in [0.5, 0.6) is 0 Å². The number of aliphatic carboxylic acids is 1. The van der Waals surface area contributed by atoms with Crippen molar-refractivity contribution in [2.45, 2.75) is 51.2 Å². The van der Waals surface area contributed by atoms with E-state index in [0.717, 1.165) is 25.0 Å². The van der Waals surface area contributed by atoms with E-state index in [2.05, 4.69) is 5.32 Å². The Morgan fingerprint density at radius 3 is 2.42 bits per heavy atom. The van der Waals surface area contributed by atoms with Crippen LogP contribution in [0, 0.1) is 21.8 Å². The zero-order valence-electron chi connectivity index (χ0n) is 14.7. The van der Waals surface area contributed by atoms with Crippen LogP contribution in [0.25, 0.3) is 0 Å². The smallest absolute Gasteiger partial charge is 0.408 e. The third-order valence-corrected chi connectivity index (χ3v) is 3.98. The van der Waals surface area contributed by atoms with E-state index in [0.29, 0.717) is 5.56 Å². The number of nitro groups is 1. The molecule has 0 bridgehead atoms. The summed E-state index contributed by atoms with van der Waals surface area (Å²) < 4.78 is 19.1. The standard InChI is InChI=1S/C17H21FN2O6/c1-17(2,3)26-16(23)19-14(15(21)22)13(9-4-5-9)10-6-7-12(20(24)25)11(18)8-10/h6-9,13-14H,4-5H2,1-3H3,(H,19,23)(H,21,22)/t13-,14+/m0/s1. The number of nitrogens with one attached hydrogen (secondary N) is 1. The Balaban J connectivity index is 2.31. The Morgan fingerprint density at radius 2 is 2.00 bits per heavy atom. The SMILES string of the molecule is CC(C)(C)OC(=O)N[C@@H](C(=O)O)[C@H](c1ccc([N+](=O)[O-])c(F)c1)C1CC1. The molecule has 1 fully saturated rings. The molecule has 9 heteroatoms. The number of ether oxygens (including phenoxy) is 1. The van der Waals surface area contributed by atoms with Gasteiger partial charge in [-0.1, -0.05) is 6.07 Å². The number of nitro benzene ring substituents is 1. The predicted molar refractivity (Wildman–Crippen MR) is 89.3 cm³/mol. The molecular formula is C17H21FN2O6. The van der Waals surface area contributed by atoms with Gasteiger partial charge in [-0.05, 0) is 51.2 Å². The summed E-state index contributed by atoms with van der Waals surface area (Å²) in [7, 11) is 0. The highest BCUT2D eigenvalue weighted by Gasteiger charge is 2.42. The maximum Gasteiger partial charge on any atom is 0.408 e. The van der Waals surface area contributed by atoms with Crippen LogP contribution >= 0.6 is 0 Å². The Labute approximate surface area is 149 Å². The fourth-order valence-corrected chi connectivity index (χ4v) is 2.81. The quantitative estimate of drug-likeness (QED) is 0.588. The third kappa shape index (κ3) is 4.90. The van der Waals surface area contributed by atoms with E-state index in [1.807, 2.05) is 0 Å². The summed E-state index contributed by atoms with van der Waals surface area (Å²) in [6.45, 7) is 4.94. The third-order valence-electron chi connectivity index (χ3n) is 3.98. The Morgan fingerprint density at radius 1 is 1.38 bits per heavy atom. The van der Waals surface area contributed by atoms with E-state index >= 15 is 0 Å². The first-order chi connectivity index (χ1) is 12.0. The molecule has 1 aromatic rings. The number of carbonyl (C=O) groups excluding carboxylic acids is 1. The van der Waals surface area contributed by atoms with E-state index < -0.39 is 46.1 Å². The molecule has 0 aliphatic heterocycles. The lowest BCUT2D eigenvalue weighted by molar-refractivity contribution is -0.387. The first-order valence-corrected chi connectivity index (χ1v) is 8.16. The molecular weight excluding hydrogens is 347 g/mol. The molecule has 1 aliphatic carbocycles. The average molecular weight is 368 g/mol. The second-order valence-corrected chi connectivity index (χ2v) is 7.29. The number of halogens is 1. The predicted octanol–water partition coefficient (Wildman–Crippen LogP) is 3.21. The number of amides is 1. The number of carboxylic acid groups (broad SMARTS) is 1. The fourth-order valence-electron chi connectivity index (χ4n) is 2.81. The number of carboxylic acids is 1. The number of carbonyl (C=O) groups is 2. The minimum absolute atomic E-state index is 0.0631. The first kappa shape index (κ1) is 19.6. The van der Waals surface area contributed by atoms with Gasteiger partial charge < -0.3 is 15.2 Å². The summed E-state index contributed by atoms with van der Waals surface area (Å²) >= 11 is 0. The topological polar surface area (TPSA) is 119 Å². The summed E-state index contributed by atoms with van der Waals surface area (Å²) in [5, 5.41) is 22.7.